The van der Waals surface area contributed by atoms with Crippen molar-refractivity contribution in [2.24, 2.45) is 5.73 Å². The number of carboxylic acid groups (broad SMARTS) is 2. The fraction of sp³-hybridized carbons (Fsp3) is 0.828. The molecule has 0 aromatic heterocycles. The van der Waals surface area contributed by atoms with Crippen molar-refractivity contribution >= 4 is 29.7 Å². The van der Waals surface area contributed by atoms with E-state index in [1.165, 1.54) is 0 Å². The lowest BCUT2D eigenvalue weighted by atomic mass is 10.0. The maximum Gasteiger partial charge on any atom is 0.326 e. The minimum atomic E-state index is -1.16. The van der Waals surface area contributed by atoms with Gasteiger partial charge in [0.25, 0.3) is 0 Å². The minimum absolute atomic E-state index is 0.00382. The molecule has 0 aliphatic carbocycles. The third kappa shape index (κ3) is 23.2. The van der Waals surface area contributed by atoms with E-state index >= 15 is 0 Å². The Morgan fingerprint density at radius 2 is 1.18 bits per heavy atom. The summed E-state index contributed by atoms with van der Waals surface area (Å²) in [5, 5.41) is 26.1. The van der Waals surface area contributed by atoms with Crippen LogP contribution in [0.2, 0.25) is 0 Å². The lowest BCUT2D eigenvalue weighted by Gasteiger charge is -2.15. The van der Waals surface area contributed by atoms with E-state index in [-0.39, 0.29) is 43.4 Å². The van der Waals surface area contributed by atoms with E-state index in [0.29, 0.717) is 38.8 Å². The zero-order valence-electron chi connectivity index (χ0n) is 24.5. The van der Waals surface area contributed by atoms with Gasteiger partial charge in [-0.3, -0.25) is 19.2 Å². The van der Waals surface area contributed by atoms with Crippen LogP contribution in [0.4, 0.5) is 0 Å². The minimum Gasteiger partial charge on any atom is -0.481 e. The largest absolute Gasteiger partial charge is 0.481 e. The van der Waals surface area contributed by atoms with Gasteiger partial charge >= 0.3 is 11.9 Å². The summed E-state index contributed by atoms with van der Waals surface area (Å²) < 4.78 is 0. The van der Waals surface area contributed by atoms with Crippen molar-refractivity contribution in [2.45, 2.75) is 141 Å². The van der Waals surface area contributed by atoms with Crippen molar-refractivity contribution in [3.8, 4) is 0 Å². The first-order valence-electron chi connectivity index (χ1n) is 15.2. The van der Waals surface area contributed by atoms with Crippen LogP contribution in [0.25, 0.3) is 0 Å². The average molecular weight is 571 g/mol. The predicted molar refractivity (Wildman–Crippen MR) is 155 cm³/mol. The van der Waals surface area contributed by atoms with Gasteiger partial charge in [-0.1, -0.05) is 64.7 Å². The quantitative estimate of drug-likeness (QED) is 0.0807. The first-order valence-corrected chi connectivity index (χ1v) is 15.2. The molecule has 0 rings (SSSR count). The summed E-state index contributed by atoms with van der Waals surface area (Å²) in [4.78, 5) is 58.1. The molecule has 11 nitrogen and oxygen atoms in total. The molecule has 0 radical (unpaired) electrons. The number of hydrogen-bond donors (Lipinski definition) is 6. The fourth-order valence-corrected chi connectivity index (χ4v) is 4.23. The molecule has 0 bridgehead atoms. The molecule has 2 atom stereocenters. The number of amides is 3. The number of nitrogens with one attached hydrogen (secondary N) is 3. The summed E-state index contributed by atoms with van der Waals surface area (Å²) in [5.41, 5.74) is 5.87. The molecule has 11 heteroatoms. The normalized spacial score (nSPS) is 12.3. The van der Waals surface area contributed by atoms with Crippen molar-refractivity contribution in [1.29, 1.82) is 0 Å². The van der Waals surface area contributed by atoms with Crippen molar-refractivity contribution < 1.29 is 34.2 Å². The molecule has 0 spiro atoms. The molecule has 0 aromatic rings. The molecule has 3 amide bonds. The molecular formula is C29H54N4O7. The van der Waals surface area contributed by atoms with E-state index in [0.717, 1.165) is 70.6 Å². The molecule has 0 saturated heterocycles. The van der Waals surface area contributed by atoms with Crippen molar-refractivity contribution in [3.63, 3.8) is 0 Å². The van der Waals surface area contributed by atoms with Gasteiger partial charge in [0.05, 0.1) is 6.04 Å². The Morgan fingerprint density at radius 1 is 0.625 bits per heavy atom. The molecular weight excluding hydrogens is 516 g/mol. The molecule has 0 aliphatic heterocycles. The van der Waals surface area contributed by atoms with Crippen molar-refractivity contribution in [2.75, 3.05) is 13.1 Å². The van der Waals surface area contributed by atoms with Crippen molar-refractivity contribution in [3.05, 3.63) is 0 Å². The van der Waals surface area contributed by atoms with Crippen LogP contribution in [0.15, 0.2) is 0 Å². The molecule has 7 N–H and O–H groups in total. The molecule has 40 heavy (non-hydrogen) atoms. The Labute approximate surface area is 239 Å². The molecule has 0 aromatic carbocycles. The van der Waals surface area contributed by atoms with Gasteiger partial charge in [0.15, 0.2) is 0 Å². The number of hydrogen-bond acceptors (Lipinski definition) is 6. The number of carbonyl (C=O) groups excluding carboxylic acids is 3. The maximum atomic E-state index is 12.2. The molecule has 232 valence electrons. The van der Waals surface area contributed by atoms with Gasteiger partial charge < -0.3 is 31.9 Å². The molecule has 0 aliphatic rings. The van der Waals surface area contributed by atoms with Crippen LogP contribution in [0.1, 0.15) is 129 Å². The van der Waals surface area contributed by atoms with Gasteiger partial charge in [-0.15, -0.1) is 0 Å². The monoisotopic (exact) mass is 570 g/mol. The van der Waals surface area contributed by atoms with Gasteiger partial charge in [-0.05, 0) is 44.9 Å². The van der Waals surface area contributed by atoms with Crippen LogP contribution in [0, 0.1) is 0 Å². The van der Waals surface area contributed by atoms with E-state index in [9.17, 15) is 29.1 Å². The van der Waals surface area contributed by atoms with Crippen LogP contribution in [-0.4, -0.2) is 65.0 Å². The number of aliphatic carboxylic acids is 2. The summed E-state index contributed by atoms with van der Waals surface area (Å²) >= 11 is 0. The molecule has 0 unspecified atom stereocenters. The Kier molecular flexibility index (Phi) is 23.6. The lowest BCUT2D eigenvalue weighted by Crippen LogP contribution is -2.41. The van der Waals surface area contributed by atoms with Crippen LogP contribution in [0.3, 0.4) is 0 Å². The third-order valence-corrected chi connectivity index (χ3v) is 6.77. The SMILES string of the molecule is CCCCNC(=O)[C@@H](N)CCCCNC(=O)CC[C@H](NC(=O)CCCCCCCCCCCCC(=O)O)C(=O)O. The van der Waals surface area contributed by atoms with Gasteiger partial charge in [0.2, 0.25) is 17.7 Å². The van der Waals surface area contributed by atoms with Gasteiger partial charge in [0.1, 0.15) is 6.04 Å². The second-order valence-electron chi connectivity index (χ2n) is 10.5. The summed E-state index contributed by atoms with van der Waals surface area (Å²) in [5.74, 6) is -2.64. The van der Waals surface area contributed by atoms with Crippen LogP contribution < -0.4 is 21.7 Å². The van der Waals surface area contributed by atoms with Gasteiger partial charge in [-0.2, -0.15) is 0 Å². The van der Waals surface area contributed by atoms with Gasteiger partial charge in [-0.25, -0.2) is 4.79 Å². The zero-order chi connectivity index (χ0) is 30.0. The Morgan fingerprint density at radius 3 is 1.73 bits per heavy atom. The average Bonchev–Trinajstić information content (AvgIpc) is 2.90. The smallest absolute Gasteiger partial charge is 0.326 e. The first-order chi connectivity index (χ1) is 19.2. The van der Waals surface area contributed by atoms with E-state index < -0.39 is 24.0 Å². The highest BCUT2D eigenvalue weighted by Gasteiger charge is 2.20. The second kappa shape index (κ2) is 25.3. The fourth-order valence-electron chi connectivity index (χ4n) is 4.23. The van der Waals surface area contributed by atoms with Crippen LogP contribution in [0.5, 0.6) is 0 Å². The number of rotatable bonds is 27. The third-order valence-electron chi connectivity index (χ3n) is 6.77. The number of unbranched alkanes of at least 4 members (excludes halogenated alkanes) is 11. The highest BCUT2D eigenvalue weighted by molar-refractivity contribution is 5.84. The van der Waals surface area contributed by atoms with E-state index in [1.807, 2.05) is 6.92 Å². The van der Waals surface area contributed by atoms with E-state index in [1.54, 1.807) is 0 Å². The Bertz CT molecular complexity index is 733. The molecule has 0 heterocycles. The predicted octanol–water partition coefficient (Wildman–Crippen LogP) is 3.63. The molecule has 0 fully saturated rings. The van der Waals surface area contributed by atoms with Crippen LogP contribution >= 0.6 is 0 Å². The zero-order valence-corrected chi connectivity index (χ0v) is 24.5. The maximum absolute atomic E-state index is 12.2. The summed E-state index contributed by atoms with van der Waals surface area (Å²) in [7, 11) is 0. The van der Waals surface area contributed by atoms with Gasteiger partial charge in [0, 0.05) is 32.4 Å². The highest BCUT2D eigenvalue weighted by Crippen LogP contribution is 2.12. The lowest BCUT2D eigenvalue weighted by molar-refractivity contribution is -0.142. The summed E-state index contributed by atoms with van der Waals surface area (Å²) in [6, 6.07) is -1.66. The van der Waals surface area contributed by atoms with E-state index in [4.69, 9.17) is 10.8 Å². The number of carbonyl (C=O) groups is 5. The Hall–Kier alpha value is -2.69. The molecule has 0 saturated carbocycles. The Balaban J connectivity index is 3.85. The standard InChI is InChI=1S/C29H54N4O7/c1-2-3-21-32-28(38)23(30)16-14-15-22-31-25(34)20-19-24(29(39)40)33-26(35)17-12-10-8-6-4-5-7-9-11-13-18-27(36)37/h23-24H,2-22,30H2,1H3,(H,31,34)(H,32,38)(H,33,35)(H,36,37)(H,39,40)/t23-,24-/m0/s1. The highest BCUT2D eigenvalue weighted by atomic mass is 16.4. The topological polar surface area (TPSA) is 188 Å². The summed E-state index contributed by atoms with van der Waals surface area (Å²) in [6.07, 6.45) is 14.2. The number of carboxylic acids is 2. The van der Waals surface area contributed by atoms with Crippen LogP contribution in [-0.2, 0) is 24.0 Å². The van der Waals surface area contributed by atoms with Crippen molar-refractivity contribution in [1.82, 2.24) is 16.0 Å². The summed E-state index contributed by atoms with van der Waals surface area (Å²) in [6.45, 7) is 3.09. The number of nitrogens with two attached hydrogens (primary N) is 1. The second-order valence-corrected chi connectivity index (χ2v) is 10.5. The van der Waals surface area contributed by atoms with E-state index in [2.05, 4.69) is 16.0 Å². The first kappa shape index (κ1) is 37.3.